The van der Waals surface area contributed by atoms with Crippen LogP contribution >= 0.6 is 0 Å². The number of hydrogen-bond acceptors (Lipinski definition) is 2. The van der Waals surface area contributed by atoms with E-state index in [1.807, 2.05) is 6.08 Å². The zero-order chi connectivity index (χ0) is 13.2. The van der Waals surface area contributed by atoms with Crippen molar-refractivity contribution in [1.29, 1.82) is 0 Å². The smallest absolute Gasteiger partial charge is 0.387 e. The molecule has 0 spiro atoms. The third-order valence-electron chi connectivity index (χ3n) is 2.49. The highest BCUT2D eigenvalue weighted by Gasteiger charge is 2.03. The Kier molecular flexibility index (Phi) is 6.84. The number of anilines is 1. The van der Waals surface area contributed by atoms with Crippen LogP contribution in [0.3, 0.4) is 0 Å². The Morgan fingerprint density at radius 2 is 1.89 bits per heavy atom. The van der Waals surface area contributed by atoms with Crippen LogP contribution in [0, 0.1) is 0 Å². The predicted octanol–water partition coefficient (Wildman–Crippen LogP) is 4.45. The highest BCUT2D eigenvalue weighted by molar-refractivity contribution is 5.46. The molecule has 0 fully saturated rings. The van der Waals surface area contributed by atoms with E-state index < -0.39 is 6.61 Å². The molecule has 0 aliphatic carbocycles. The van der Waals surface area contributed by atoms with Gasteiger partial charge in [0.2, 0.25) is 0 Å². The fourth-order valence-corrected chi connectivity index (χ4v) is 1.58. The summed E-state index contributed by atoms with van der Waals surface area (Å²) in [5.74, 6) is 0.182. The minimum atomic E-state index is -2.77. The van der Waals surface area contributed by atoms with E-state index in [0.717, 1.165) is 37.9 Å². The largest absolute Gasteiger partial charge is 0.435 e. The first-order valence-electron chi connectivity index (χ1n) is 6.12. The first kappa shape index (κ1) is 14.5. The van der Waals surface area contributed by atoms with Gasteiger partial charge in [-0.2, -0.15) is 8.78 Å². The summed E-state index contributed by atoms with van der Waals surface area (Å²) in [6, 6.07) is 6.54. The summed E-state index contributed by atoms with van der Waals surface area (Å²) >= 11 is 0. The lowest BCUT2D eigenvalue weighted by molar-refractivity contribution is -0.0498. The van der Waals surface area contributed by atoms with Gasteiger partial charge in [0.25, 0.3) is 0 Å². The SMILES string of the molecule is C=CCCCCCNc1ccc(OC(F)F)cc1. The van der Waals surface area contributed by atoms with E-state index in [0.29, 0.717) is 0 Å². The Labute approximate surface area is 107 Å². The van der Waals surface area contributed by atoms with Crippen molar-refractivity contribution < 1.29 is 13.5 Å². The second kappa shape index (κ2) is 8.50. The molecular formula is C14H19F2NO. The van der Waals surface area contributed by atoms with Crippen molar-refractivity contribution in [3.63, 3.8) is 0 Å². The van der Waals surface area contributed by atoms with E-state index in [2.05, 4.69) is 16.6 Å². The molecule has 1 aromatic rings. The van der Waals surface area contributed by atoms with Crippen molar-refractivity contribution >= 4 is 5.69 Å². The Balaban J connectivity index is 2.20. The molecule has 0 unspecified atom stereocenters. The van der Waals surface area contributed by atoms with Gasteiger partial charge in [0.05, 0.1) is 0 Å². The lowest BCUT2D eigenvalue weighted by Gasteiger charge is -2.08. The summed E-state index contributed by atoms with van der Waals surface area (Å²) < 4.78 is 28.1. The van der Waals surface area contributed by atoms with Gasteiger partial charge >= 0.3 is 6.61 Å². The maximum Gasteiger partial charge on any atom is 0.387 e. The molecular weight excluding hydrogens is 236 g/mol. The monoisotopic (exact) mass is 255 g/mol. The van der Waals surface area contributed by atoms with Crippen molar-refractivity contribution in [2.75, 3.05) is 11.9 Å². The van der Waals surface area contributed by atoms with Gasteiger partial charge < -0.3 is 10.1 Å². The molecule has 18 heavy (non-hydrogen) atoms. The van der Waals surface area contributed by atoms with Crippen LogP contribution in [0.2, 0.25) is 0 Å². The average molecular weight is 255 g/mol. The number of benzene rings is 1. The topological polar surface area (TPSA) is 21.3 Å². The van der Waals surface area contributed by atoms with E-state index in [-0.39, 0.29) is 5.75 Å². The molecule has 2 nitrogen and oxygen atoms in total. The standard InChI is InChI=1S/C14H19F2NO/c1-2-3-4-5-6-11-17-12-7-9-13(10-8-12)18-14(15)16/h2,7-10,14,17H,1,3-6,11H2. The van der Waals surface area contributed by atoms with Gasteiger partial charge in [-0.1, -0.05) is 12.5 Å². The average Bonchev–Trinajstić information content (AvgIpc) is 2.35. The van der Waals surface area contributed by atoms with Crippen LogP contribution in [-0.4, -0.2) is 13.2 Å². The summed E-state index contributed by atoms with van der Waals surface area (Å²) in [5.41, 5.74) is 0.917. The van der Waals surface area contributed by atoms with Crippen molar-refractivity contribution in [3.05, 3.63) is 36.9 Å². The molecule has 0 amide bonds. The molecule has 0 atom stereocenters. The Morgan fingerprint density at radius 1 is 1.17 bits per heavy atom. The van der Waals surface area contributed by atoms with Gasteiger partial charge in [-0.25, -0.2) is 0 Å². The van der Waals surface area contributed by atoms with Crippen LogP contribution in [-0.2, 0) is 0 Å². The molecule has 0 aliphatic rings. The summed E-state index contributed by atoms with van der Waals surface area (Å²) in [4.78, 5) is 0. The number of nitrogens with one attached hydrogen (secondary N) is 1. The zero-order valence-electron chi connectivity index (χ0n) is 10.4. The quantitative estimate of drug-likeness (QED) is 0.520. The summed E-state index contributed by atoms with van der Waals surface area (Å²) in [6.45, 7) is 1.79. The third-order valence-corrected chi connectivity index (χ3v) is 2.49. The molecule has 1 N–H and O–H groups in total. The number of ether oxygens (including phenoxy) is 1. The number of rotatable bonds is 9. The van der Waals surface area contributed by atoms with E-state index >= 15 is 0 Å². The summed E-state index contributed by atoms with van der Waals surface area (Å²) in [5, 5.41) is 3.23. The number of halogens is 2. The lowest BCUT2D eigenvalue weighted by Crippen LogP contribution is -2.03. The molecule has 0 aliphatic heterocycles. The molecule has 0 heterocycles. The molecule has 100 valence electrons. The first-order valence-corrected chi connectivity index (χ1v) is 6.12. The van der Waals surface area contributed by atoms with Crippen LogP contribution in [0.4, 0.5) is 14.5 Å². The van der Waals surface area contributed by atoms with Gasteiger partial charge in [0.1, 0.15) is 5.75 Å². The van der Waals surface area contributed by atoms with Gasteiger partial charge in [-0.15, -0.1) is 6.58 Å². The highest BCUT2D eigenvalue weighted by Crippen LogP contribution is 2.17. The van der Waals surface area contributed by atoms with Crippen molar-refractivity contribution in [2.24, 2.45) is 0 Å². The second-order valence-electron chi connectivity index (χ2n) is 3.97. The third kappa shape index (κ3) is 6.23. The number of hydrogen-bond donors (Lipinski definition) is 1. The molecule has 4 heteroatoms. The molecule has 0 radical (unpaired) electrons. The number of alkyl halides is 2. The van der Waals surface area contributed by atoms with Gasteiger partial charge in [-0.3, -0.25) is 0 Å². The fraction of sp³-hybridized carbons (Fsp3) is 0.429. The van der Waals surface area contributed by atoms with E-state index in [1.54, 1.807) is 12.1 Å². The van der Waals surface area contributed by atoms with Gasteiger partial charge in [-0.05, 0) is 43.5 Å². The zero-order valence-corrected chi connectivity index (χ0v) is 10.4. The summed E-state index contributed by atoms with van der Waals surface area (Å²) in [7, 11) is 0. The van der Waals surface area contributed by atoms with Crippen LogP contribution in [0.5, 0.6) is 5.75 Å². The Morgan fingerprint density at radius 3 is 2.50 bits per heavy atom. The molecule has 0 bridgehead atoms. The molecule has 0 saturated heterocycles. The lowest BCUT2D eigenvalue weighted by atomic mass is 10.2. The van der Waals surface area contributed by atoms with Crippen LogP contribution in [0.1, 0.15) is 25.7 Å². The van der Waals surface area contributed by atoms with Gasteiger partial charge in [0.15, 0.2) is 0 Å². The van der Waals surface area contributed by atoms with Crippen molar-refractivity contribution in [3.8, 4) is 5.75 Å². The second-order valence-corrected chi connectivity index (χ2v) is 3.97. The minimum Gasteiger partial charge on any atom is -0.435 e. The molecule has 1 aromatic carbocycles. The molecule has 0 saturated carbocycles. The molecule has 0 aromatic heterocycles. The van der Waals surface area contributed by atoms with E-state index in [9.17, 15) is 8.78 Å². The van der Waals surface area contributed by atoms with Crippen LogP contribution < -0.4 is 10.1 Å². The van der Waals surface area contributed by atoms with Crippen molar-refractivity contribution in [2.45, 2.75) is 32.3 Å². The van der Waals surface area contributed by atoms with Crippen LogP contribution in [0.25, 0.3) is 0 Å². The van der Waals surface area contributed by atoms with Gasteiger partial charge in [0, 0.05) is 12.2 Å². The minimum absolute atomic E-state index is 0.182. The fourth-order valence-electron chi connectivity index (χ4n) is 1.58. The molecule has 1 rings (SSSR count). The van der Waals surface area contributed by atoms with E-state index in [1.165, 1.54) is 12.1 Å². The van der Waals surface area contributed by atoms with Crippen molar-refractivity contribution in [1.82, 2.24) is 0 Å². The predicted molar refractivity (Wildman–Crippen MR) is 70.2 cm³/mol. The first-order chi connectivity index (χ1) is 8.72. The highest BCUT2D eigenvalue weighted by atomic mass is 19.3. The maximum atomic E-state index is 11.9. The van der Waals surface area contributed by atoms with E-state index in [4.69, 9.17) is 0 Å². The number of allylic oxidation sites excluding steroid dienone is 1. The Hall–Kier alpha value is -1.58. The number of unbranched alkanes of at least 4 members (excludes halogenated alkanes) is 3. The Bertz CT molecular complexity index is 338. The normalized spacial score (nSPS) is 10.4. The van der Waals surface area contributed by atoms with Crippen LogP contribution in [0.15, 0.2) is 36.9 Å². The maximum absolute atomic E-state index is 11.9. The summed E-state index contributed by atoms with van der Waals surface area (Å²) in [6.07, 6.45) is 6.38.